The Kier molecular flexibility index (Phi) is 6.52. The number of carbonyl (C=O) groups excluding carboxylic acids is 1. The Labute approximate surface area is 131 Å². The zero-order valence-corrected chi connectivity index (χ0v) is 13.7. The molecule has 0 heterocycles. The van der Waals surface area contributed by atoms with E-state index in [0.29, 0.717) is 5.57 Å². The summed E-state index contributed by atoms with van der Waals surface area (Å²) in [7, 11) is -3.82. The Balaban J connectivity index is 3.00. The van der Waals surface area contributed by atoms with Crippen LogP contribution in [0.5, 0.6) is 0 Å². The SMILES string of the molecule is C=CC(=C)CC(NS(=O)(=O)c1ccc(C)cc1)C(=O)OCC. The van der Waals surface area contributed by atoms with Crippen molar-refractivity contribution in [1.82, 2.24) is 4.72 Å². The van der Waals surface area contributed by atoms with Gasteiger partial charge in [0.05, 0.1) is 11.5 Å². The zero-order valence-electron chi connectivity index (χ0n) is 12.8. The lowest BCUT2D eigenvalue weighted by molar-refractivity contribution is -0.145. The fourth-order valence-corrected chi connectivity index (χ4v) is 2.92. The molecule has 6 heteroatoms. The third kappa shape index (κ3) is 5.13. The summed E-state index contributed by atoms with van der Waals surface area (Å²) in [6, 6.07) is 5.33. The van der Waals surface area contributed by atoms with Crippen LogP contribution in [0.25, 0.3) is 0 Å². The maximum atomic E-state index is 12.4. The minimum atomic E-state index is -3.82. The first kappa shape index (κ1) is 18.1. The number of aryl methyl sites for hydroxylation is 1. The average Bonchev–Trinajstić information content (AvgIpc) is 2.46. The van der Waals surface area contributed by atoms with Gasteiger partial charge >= 0.3 is 5.97 Å². The molecule has 0 saturated heterocycles. The van der Waals surface area contributed by atoms with Gasteiger partial charge in [-0.1, -0.05) is 42.5 Å². The highest BCUT2D eigenvalue weighted by atomic mass is 32.2. The molecule has 0 radical (unpaired) electrons. The number of nitrogens with one attached hydrogen (secondary N) is 1. The lowest BCUT2D eigenvalue weighted by atomic mass is 10.1. The molecule has 1 aromatic rings. The van der Waals surface area contributed by atoms with E-state index in [1.807, 2.05) is 6.92 Å². The number of hydrogen-bond acceptors (Lipinski definition) is 4. The summed E-state index contributed by atoms with van der Waals surface area (Å²) in [6.07, 6.45) is 1.58. The summed E-state index contributed by atoms with van der Waals surface area (Å²) in [6.45, 7) is 11.0. The maximum Gasteiger partial charge on any atom is 0.324 e. The van der Waals surface area contributed by atoms with Gasteiger partial charge in [0.25, 0.3) is 0 Å². The van der Waals surface area contributed by atoms with Gasteiger partial charge in [0.2, 0.25) is 10.0 Å². The molecule has 0 aliphatic carbocycles. The molecular formula is C16H21NO4S. The monoisotopic (exact) mass is 323 g/mol. The summed E-state index contributed by atoms with van der Waals surface area (Å²) in [5.41, 5.74) is 1.49. The molecular weight excluding hydrogens is 302 g/mol. The van der Waals surface area contributed by atoms with Gasteiger partial charge in [0, 0.05) is 0 Å². The van der Waals surface area contributed by atoms with Gasteiger partial charge in [-0.05, 0) is 32.4 Å². The largest absolute Gasteiger partial charge is 0.465 e. The molecule has 1 rings (SSSR count). The molecule has 120 valence electrons. The fourth-order valence-electron chi connectivity index (χ4n) is 1.73. The normalized spacial score (nSPS) is 12.5. The summed E-state index contributed by atoms with van der Waals surface area (Å²) < 4.78 is 32.0. The first-order chi connectivity index (χ1) is 10.3. The van der Waals surface area contributed by atoms with E-state index in [-0.39, 0.29) is 17.9 Å². The highest BCUT2D eigenvalue weighted by Gasteiger charge is 2.26. The molecule has 0 fully saturated rings. The minimum Gasteiger partial charge on any atom is -0.465 e. The van der Waals surface area contributed by atoms with E-state index in [0.717, 1.165) is 5.56 Å². The number of ether oxygens (including phenoxy) is 1. The Morgan fingerprint density at radius 2 is 1.95 bits per heavy atom. The van der Waals surface area contributed by atoms with Crippen molar-refractivity contribution in [3.63, 3.8) is 0 Å². The van der Waals surface area contributed by atoms with Crippen LogP contribution in [0.4, 0.5) is 0 Å². The predicted octanol–water partition coefficient (Wildman–Crippen LogP) is 2.34. The third-order valence-electron chi connectivity index (χ3n) is 2.95. The van der Waals surface area contributed by atoms with Crippen LogP contribution in [-0.2, 0) is 19.6 Å². The van der Waals surface area contributed by atoms with E-state index in [4.69, 9.17) is 4.74 Å². The highest BCUT2D eigenvalue weighted by molar-refractivity contribution is 7.89. The second-order valence-electron chi connectivity index (χ2n) is 4.81. The van der Waals surface area contributed by atoms with Crippen molar-refractivity contribution in [1.29, 1.82) is 0 Å². The van der Waals surface area contributed by atoms with Gasteiger partial charge in [-0.2, -0.15) is 4.72 Å². The Hall–Kier alpha value is -1.92. The Morgan fingerprint density at radius 3 is 2.45 bits per heavy atom. The summed E-state index contributed by atoms with van der Waals surface area (Å²) in [4.78, 5) is 12.0. The summed E-state index contributed by atoms with van der Waals surface area (Å²) in [5.74, 6) is -0.638. The van der Waals surface area contributed by atoms with Gasteiger partial charge in [-0.25, -0.2) is 8.42 Å². The van der Waals surface area contributed by atoms with E-state index in [1.54, 1.807) is 19.1 Å². The number of sulfonamides is 1. The molecule has 0 bridgehead atoms. The molecule has 1 atom stereocenters. The molecule has 22 heavy (non-hydrogen) atoms. The molecule has 0 saturated carbocycles. The van der Waals surface area contributed by atoms with Crippen LogP contribution in [-0.4, -0.2) is 27.0 Å². The maximum absolute atomic E-state index is 12.4. The molecule has 0 amide bonds. The fraction of sp³-hybridized carbons (Fsp3) is 0.312. The lowest BCUT2D eigenvalue weighted by Gasteiger charge is -2.17. The first-order valence-electron chi connectivity index (χ1n) is 6.86. The van der Waals surface area contributed by atoms with Gasteiger partial charge < -0.3 is 4.74 Å². The van der Waals surface area contributed by atoms with Crippen LogP contribution in [0.2, 0.25) is 0 Å². The van der Waals surface area contributed by atoms with Gasteiger partial charge in [-0.15, -0.1) is 0 Å². The van der Waals surface area contributed by atoms with Crippen LogP contribution < -0.4 is 4.72 Å². The van der Waals surface area contributed by atoms with Crippen LogP contribution in [0, 0.1) is 6.92 Å². The summed E-state index contributed by atoms with van der Waals surface area (Å²) >= 11 is 0. The minimum absolute atomic E-state index is 0.0941. The van der Waals surface area contributed by atoms with Crippen LogP contribution >= 0.6 is 0 Å². The van der Waals surface area contributed by atoms with Gasteiger partial charge in [0.1, 0.15) is 6.04 Å². The van der Waals surface area contributed by atoms with Crippen molar-refractivity contribution >= 4 is 16.0 Å². The van der Waals surface area contributed by atoms with Gasteiger partial charge in [0.15, 0.2) is 0 Å². The second-order valence-corrected chi connectivity index (χ2v) is 6.52. The van der Waals surface area contributed by atoms with Crippen molar-refractivity contribution in [2.75, 3.05) is 6.61 Å². The molecule has 0 aliphatic heterocycles. The zero-order chi connectivity index (χ0) is 16.8. The number of allylic oxidation sites excluding steroid dienone is 1. The summed E-state index contributed by atoms with van der Waals surface area (Å²) in [5, 5.41) is 0. The van der Waals surface area contributed by atoms with Crippen molar-refractivity contribution < 1.29 is 17.9 Å². The molecule has 0 spiro atoms. The van der Waals surface area contributed by atoms with Crippen molar-refractivity contribution in [2.45, 2.75) is 31.2 Å². The van der Waals surface area contributed by atoms with E-state index >= 15 is 0 Å². The topological polar surface area (TPSA) is 72.5 Å². The second kappa shape index (κ2) is 7.91. The number of rotatable bonds is 8. The highest BCUT2D eigenvalue weighted by Crippen LogP contribution is 2.14. The van der Waals surface area contributed by atoms with Crippen LogP contribution in [0.15, 0.2) is 54.0 Å². The van der Waals surface area contributed by atoms with Crippen molar-refractivity contribution in [2.24, 2.45) is 0 Å². The van der Waals surface area contributed by atoms with E-state index in [1.165, 1.54) is 18.2 Å². The molecule has 0 aliphatic rings. The Bertz CT molecular complexity index is 647. The smallest absolute Gasteiger partial charge is 0.324 e. The van der Waals surface area contributed by atoms with Crippen molar-refractivity contribution in [3.8, 4) is 0 Å². The Morgan fingerprint density at radius 1 is 1.36 bits per heavy atom. The molecule has 1 N–H and O–H groups in total. The molecule has 1 unspecified atom stereocenters. The first-order valence-corrected chi connectivity index (χ1v) is 8.34. The third-order valence-corrected chi connectivity index (χ3v) is 4.44. The number of esters is 1. The number of benzene rings is 1. The molecule has 0 aromatic heterocycles. The van der Waals surface area contributed by atoms with Crippen LogP contribution in [0.1, 0.15) is 18.9 Å². The van der Waals surface area contributed by atoms with E-state index < -0.39 is 22.0 Å². The number of carbonyl (C=O) groups is 1. The quantitative estimate of drug-likeness (QED) is 0.589. The van der Waals surface area contributed by atoms with Gasteiger partial charge in [-0.3, -0.25) is 4.79 Å². The average molecular weight is 323 g/mol. The van der Waals surface area contributed by atoms with E-state index in [2.05, 4.69) is 17.9 Å². The van der Waals surface area contributed by atoms with Crippen LogP contribution in [0.3, 0.4) is 0 Å². The molecule has 5 nitrogen and oxygen atoms in total. The van der Waals surface area contributed by atoms with Crippen molar-refractivity contribution in [3.05, 3.63) is 54.6 Å². The molecule has 1 aromatic carbocycles. The number of hydrogen-bond donors (Lipinski definition) is 1. The standard InChI is InChI=1S/C16H21NO4S/c1-5-12(3)11-15(16(18)21-6-2)17-22(19,20)14-9-7-13(4)8-10-14/h5,7-10,15,17H,1,3,6,11H2,2,4H3. The lowest BCUT2D eigenvalue weighted by Crippen LogP contribution is -2.42. The van der Waals surface area contributed by atoms with E-state index in [9.17, 15) is 13.2 Å². The predicted molar refractivity (Wildman–Crippen MR) is 85.9 cm³/mol.